The first kappa shape index (κ1) is 21.8. The second-order valence-electron chi connectivity index (χ2n) is 8.33. The van der Waals surface area contributed by atoms with Crippen LogP contribution in [0.25, 0.3) is 22.2 Å². The first-order valence-corrected chi connectivity index (χ1v) is 11.1. The molecule has 0 bridgehead atoms. The molecule has 0 spiro atoms. The van der Waals surface area contributed by atoms with Crippen molar-refractivity contribution in [3.05, 3.63) is 78.4 Å². The molecule has 32 heavy (non-hydrogen) atoms. The van der Waals surface area contributed by atoms with Crippen LogP contribution < -0.4 is 5.32 Å². The first-order valence-electron chi connectivity index (χ1n) is 11.1. The van der Waals surface area contributed by atoms with Gasteiger partial charge in [0, 0.05) is 41.6 Å². The zero-order chi connectivity index (χ0) is 22.7. The van der Waals surface area contributed by atoms with Gasteiger partial charge in [0.1, 0.15) is 11.9 Å². The van der Waals surface area contributed by atoms with Crippen molar-refractivity contribution in [1.29, 1.82) is 0 Å². The van der Waals surface area contributed by atoms with E-state index in [9.17, 15) is 4.39 Å². The lowest BCUT2D eigenvalue weighted by Gasteiger charge is -2.33. The molecule has 1 aliphatic rings. The lowest BCUT2D eigenvalue weighted by Crippen LogP contribution is -2.32. The van der Waals surface area contributed by atoms with Crippen LogP contribution in [0.3, 0.4) is 0 Å². The summed E-state index contributed by atoms with van der Waals surface area (Å²) in [5, 5.41) is 12.2. The standard InChI is InChI=1S/C26H30FN5/c1-5-21(27)9-7-8-17(3)15-32-16-20-12-23-25(13-24(20)29-18(32)4)30-31-26(23)19-10-11-22(6-2)28-14-19/h5,8,10-14,21,29H,1,4,6-7,9,15-16H2,2-3H3,(H,30,31)/b17-8+. The van der Waals surface area contributed by atoms with Crippen LogP contribution in [-0.4, -0.2) is 32.8 Å². The quantitative estimate of drug-likeness (QED) is 0.421. The highest BCUT2D eigenvalue weighted by atomic mass is 19.1. The van der Waals surface area contributed by atoms with E-state index in [1.54, 1.807) is 0 Å². The van der Waals surface area contributed by atoms with Gasteiger partial charge in [0.05, 0.1) is 11.3 Å². The van der Waals surface area contributed by atoms with Crippen LogP contribution in [0, 0.1) is 0 Å². The topological polar surface area (TPSA) is 56.8 Å². The highest BCUT2D eigenvalue weighted by Gasteiger charge is 2.21. The van der Waals surface area contributed by atoms with E-state index >= 15 is 0 Å². The summed E-state index contributed by atoms with van der Waals surface area (Å²) in [7, 11) is 0. The second kappa shape index (κ2) is 9.39. The Morgan fingerprint density at radius 3 is 2.91 bits per heavy atom. The number of pyridine rings is 1. The summed E-state index contributed by atoms with van der Waals surface area (Å²) in [6.45, 7) is 13.4. The first-order chi connectivity index (χ1) is 15.5. The van der Waals surface area contributed by atoms with Crippen molar-refractivity contribution in [2.24, 2.45) is 0 Å². The molecule has 2 aromatic heterocycles. The summed E-state index contributed by atoms with van der Waals surface area (Å²) in [6.07, 6.45) is 6.49. The highest BCUT2D eigenvalue weighted by molar-refractivity contribution is 5.95. The van der Waals surface area contributed by atoms with Gasteiger partial charge in [0.15, 0.2) is 0 Å². The molecule has 2 N–H and O–H groups in total. The maximum atomic E-state index is 13.4. The predicted molar refractivity (Wildman–Crippen MR) is 130 cm³/mol. The number of alkyl halides is 1. The number of aromatic nitrogens is 3. The number of aryl methyl sites for hydroxylation is 1. The van der Waals surface area contributed by atoms with Crippen molar-refractivity contribution >= 4 is 16.6 Å². The van der Waals surface area contributed by atoms with Crippen molar-refractivity contribution < 1.29 is 4.39 Å². The van der Waals surface area contributed by atoms with Crippen LogP contribution in [0.4, 0.5) is 10.1 Å². The molecule has 0 aliphatic carbocycles. The lowest BCUT2D eigenvalue weighted by molar-refractivity contribution is 0.360. The van der Waals surface area contributed by atoms with Gasteiger partial charge >= 0.3 is 0 Å². The second-order valence-corrected chi connectivity index (χ2v) is 8.33. The number of anilines is 1. The summed E-state index contributed by atoms with van der Waals surface area (Å²) in [5.74, 6) is 0.859. The fraction of sp³-hybridized carbons (Fsp3) is 0.308. The molecule has 0 saturated carbocycles. The largest absolute Gasteiger partial charge is 0.350 e. The maximum Gasteiger partial charge on any atom is 0.118 e. The molecular formula is C26H30FN5. The molecular weight excluding hydrogens is 401 g/mol. The van der Waals surface area contributed by atoms with Gasteiger partial charge in [-0.1, -0.05) is 31.2 Å². The number of H-pyrrole nitrogens is 1. The fourth-order valence-electron chi connectivity index (χ4n) is 4.01. The molecule has 1 aromatic carbocycles. The van der Waals surface area contributed by atoms with Crippen LogP contribution in [0.1, 0.15) is 37.9 Å². The van der Waals surface area contributed by atoms with Gasteiger partial charge < -0.3 is 10.2 Å². The van der Waals surface area contributed by atoms with Gasteiger partial charge in [-0.15, -0.1) is 6.58 Å². The van der Waals surface area contributed by atoms with E-state index in [1.807, 2.05) is 6.20 Å². The van der Waals surface area contributed by atoms with Gasteiger partial charge in [-0.25, -0.2) is 4.39 Å². The number of nitrogens with zero attached hydrogens (tertiary/aromatic N) is 3. The Morgan fingerprint density at radius 2 is 2.19 bits per heavy atom. The van der Waals surface area contributed by atoms with Crippen LogP contribution in [0.5, 0.6) is 0 Å². The molecule has 1 atom stereocenters. The van der Waals surface area contributed by atoms with Gasteiger partial charge in [-0.05, 0) is 56.0 Å². The van der Waals surface area contributed by atoms with E-state index in [0.717, 1.165) is 58.9 Å². The third kappa shape index (κ3) is 4.59. The number of hydrogen-bond acceptors (Lipinski definition) is 4. The average molecular weight is 432 g/mol. The van der Waals surface area contributed by atoms with Crippen LogP contribution in [-0.2, 0) is 13.0 Å². The number of halogens is 1. The summed E-state index contributed by atoms with van der Waals surface area (Å²) < 4.78 is 13.4. The molecule has 0 radical (unpaired) electrons. The van der Waals surface area contributed by atoms with Crippen LogP contribution in [0.2, 0.25) is 0 Å². The summed E-state index contributed by atoms with van der Waals surface area (Å²) >= 11 is 0. The van der Waals surface area contributed by atoms with Gasteiger partial charge in [0.2, 0.25) is 0 Å². The average Bonchev–Trinajstić information content (AvgIpc) is 3.20. The highest BCUT2D eigenvalue weighted by Crippen LogP contribution is 2.34. The summed E-state index contributed by atoms with van der Waals surface area (Å²) in [4.78, 5) is 6.73. The summed E-state index contributed by atoms with van der Waals surface area (Å²) in [5.41, 5.74) is 7.39. The molecule has 0 amide bonds. The van der Waals surface area contributed by atoms with E-state index in [1.165, 1.54) is 17.2 Å². The Hall–Kier alpha value is -3.41. The van der Waals surface area contributed by atoms with E-state index < -0.39 is 6.17 Å². The molecule has 6 heteroatoms. The Kier molecular flexibility index (Phi) is 6.40. The molecule has 1 unspecified atom stereocenters. The van der Waals surface area contributed by atoms with Gasteiger partial charge in [0.25, 0.3) is 0 Å². The van der Waals surface area contributed by atoms with E-state index in [-0.39, 0.29) is 0 Å². The van der Waals surface area contributed by atoms with Crippen molar-refractivity contribution in [3.8, 4) is 11.3 Å². The zero-order valence-electron chi connectivity index (χ0n) is 18.8. The van der Waals surface area contributed by atoms with Gasteiger partial charge in [-0.2, -0.15) is 5.10 Å². The Balaban J connectivity index is 1.55. The molecule has 0 fully saturated rings. The smallest absolute Gasteiger partial charge is 0.118 e. The zero-order valence-corrected chi connectivity index (χ0v) is 18.8. The number of aromatic amines is 1. The molecule has 4 rings (SSSR count). The number of benzene rings is 1. The fourth-order valence-corrected chi connectivity index (χ4v) is 4.01. The van der Waals surface area contributed by atoms with Crippen molar-refractivity contribution in [2.75, 3.05) is 11.9 Å². The van der Waals surface area contributed by atoms with Crippen molar-refractivity contribution in [3.63, 3.8) is 0 Å². The SMILES string of the molecule is C=CC(F)CC/C=C(\C)CN1Cc2cc3c(-c4ccc(CC)nc4)n[nH]c3cc2NC1=C. The van der Waals surface area contributed by atoms with Crippen LogP contribution >= 0.6 is 0 Å². The Bertz CT molecular complexity index is 1160. The van der Waals surface area contributed by atoms with Gasteiger partial charge in [-0.3, -0.25) is 10.1 Å². The third-order valence-electron chi connectivity index (χ3n) is 5.90. The number of hydrogen-bond donors (Lipinski definition) is 2. The number of nitrogens with one attached hydrogen (secondary N) is 2. The normalized spacial score (nSPS) is 14.9. The minimum Gasteiger partial charge on any atom is -0.350 e. The van der Waals surface area contributed by atoms with Crippen molar-refractivity contribution in [1.82, 2.24) is 20.1 Å². The maximum absolute atomic E-state index is 13.4. The van der Waals surface area contributed by atoms with Crippen LogP contribution in [0.15, 0.2) is 67.2 Å². The molecule has 3 heterocycles. The molecule has 1 aliphatic heterocycles. The van der Waals surface area contributed by atoms with E-state index in [4.69, 9.17) is 0 Å². The van der Waals surface area contributed by atoms with E-state index in [0.29, 0.717) is 12.8 Å². The number of rotatable bonds is 8. The lowest BCUT2D eigenvalue weighted by atomic mass is 10.0. The molecule has 3 aromatic rings. The monoisotopic (exact) mass is 431 g/mol. The Morgan fingerprint density at radius 1 is 1.34 bits per heavy atom. The summed E-state index contributed by atoms with van der Waals surface area (Å²) in [6, 6.07) is 8.42. The predicted octanol–water partition coefficient (Wildman–Crippen LogP) is 6.14. The number of fused-ring (bicyclic) bond motifs is 2. The molecule has 0 saturated heterocycles. The molecule has 166 valence electrons. The molecule has 5 nitrogen and oxygen atoms in total. The van der Waals surface area contributed by atoms with E-state index in [2.05, 4.69) is 82.7 Å². The minimum atomic E-state index is -0.947. The Labute approximate surface area is 188 Å². The number of allylic oxidation sites excluding steroid dienone is 2. The minimum absolute atomic E-state index is 0.470. The van der Waals surface area contributed by atoms with Crippen molar-refractivity contribution in [2.45, 2.75) is 45.8 Å². The third-order valence-corrected chi connectivity index (χ3v) is 5.90.